The second-order valence-corrected chi connectivity index (χ2v) is 20.8. The highest BCUT2D eigenvalue weighted by atomic mass is 28.4. The normalized spacial score (nSPS) is 38.4. The van der Waals surface area contributed by atoms with Crippen molar-refractivity contribution in [2.24, 2.45) is 11.3 Å². The van der Waals surface area contributed by atoms with Crippen LogP contribution in [0.2, 0.25) is 18.1 Å². The van der Waals surface area contributed by atoms with Crippen LogP contribution in [0, 0.1) is 11.3 Å². The molecule has 1 aromatic carbocycles. The summed E-state index contributed by atoms with van der Waals surface area (Å²) in [5.74, 6) is 1.15. The number of fused-ring (bicyclic) bond motifs is 2. The molecule has 0 radical (unpaired) electrons. The molecule has 3 fully saturated rings. The quantitative estimate of drug-likeness (QED) is 0.346. The number of hydrogen-bond acceptors (Lipinski definition) is 4. The lowest BCUT2D eigenvalue weighted by atomic mass is 9.56. The fraction of sp³-hybridized carbons (Fsp3) is 0.639. The van der Waals surface area contributed by atoms with E-state index < -0.39 is 8.32 Å². The van der Waals surface area contributed by atoms with Crippen LogP contribution in [0.4, 0.5) is 0 Å². The first-order chi connectivity index (χ1) is 19.3. The minimum Gasteiger partial charge on any atom is -0.409 e. The molecule has 4 nitrogen and oxygen atoms in total. The Balaban J connectivity index is 1.24. The predicted molar refractivity (Wildman–Crippen MR) is 171 cm³/mol. The van der Waals surface area contributed by atoms with E-state index in [0.717, 1.165) is 19.3 Å². The van der Waals surface area contributed by atoms with E-state index in [2.05, 4.69) is 101 Å². The number of nitrogens with zero attached hydrogens (tertiary/aromatic N) is 2. The zero-order valence-corrected chi connectivity index (χ0v) is 27.6. The topological polar surface area (TPSA) is 34.6 Å². The molecule has 3 aliphatic carbocycles. The molecule has 0 N–H and O–H groups in total. The summed E-state index contributed by atoms with van der Waals surface area (Å²) in [6, 6.07) is 9.58. The van der Waals surface area contributed by atoms with Gasteiger partial charge in [-0.3, -0.25) is 4.98 Å². The third kappa shape index (κ3) is 4.05. The molecule has 2 bridgehead atoms. The average Bonchev–Trinajstić information content (AvgIpc) is 3.43. The minimum absolute atomic E-state index is 0.0958. The zero-order chi connectivity index (χ0) is 29.0. The van der Waals surface area contributed by atoms with Gasteiger partial charge in [0.1, 0.15) is 0 Å². The van der Waals surface area contributed by atoms with Crippen LogP contribution in [0.1, 0.15) is 84.1 Å². The third-order valence-corrected chi connectivity index (χ3v) is 17.2. The van der Waals surface area contributed by atoms with Crippen molar-refractivity contribution < 1.29 is 9.16 Å². The van der Waals surface area contributed by atoms with Gasteiger partial charge in [0.05, 0.1) is 17.3 Å². The van der Waals surface area contributed by atoms with E-state index in [1.807, 2.05) is 12.4 Å². The second kappa shape index (κ2) is 9.11. The van der Waals surface area contributed by atoms with E-state index in [-0.39, 0.29) is 27.8 Å². The van der Waals surface area contributed by atoms with Crippen molar-refractivity contribution in [3.63, 3.8) is 0 Å². The number of ether oxygens (including phenoxy) is 1. The van der Waals surface area contributed by atoms with Crippen LogP contribution in [-0.4, -0.2) is 55.6 Å². The Bertz CT molecular complexity index is 1440. The van der Waals surface area contributed by atoms with Gasteiger partial charge in [0.2, 0.25) is 0 Å². The van der Waals surface area contributed by atoms with Crippen molar-refractivity contribution in [3.05, 3.63) is 65.5 Å². The molecule has 220 valence electrons. The van der Waals surface area contributed by atoms with Crippen molar-refractivity contribution in [2.75, 3.05) is 14.1 Å². The van der Waals surface area contributed by atoms with E-state index in [1.165, 1.54) is 47.6 Å². The van der Waals surface area contributed by atoms with E-state index in [4.69, 9.17) is 9.16 Å². The number of aromatic nitrogens is 1. The van der Waals surface area contributed by atoms with Crippen molar-refractivity contribution in [2.45, 2.75) is 120 Å². The van der Waals surface area contributed by atoms with Gasteiger partial charge >= 0.3 is 0 Å². The standard InChI is InChI=1S/C36H50N2O2Si/c1-33(2,3)41(7,8)39-31-21-28-20-27-13-15-34(4)29(25-10-9-24-14-18-37-23-26(24)19-25)11-12-32(34)36(27)17-16-35(28,40-36)22-30(31)38(5)6/h9-10,14,18-21,23,29-32H,11-13,15-17,22H2,1-8H3/t29-,30+,31+,32-,34-,35-,36-/m1/s1. The Hall–Kier alpha value is -1.79. The Morgan fingerprint density at radius 1 is 1.05 bits per heavy atom. The fourth-order valence-electron chi connectivity index (χ4n) is 9.39. The van der Waals surface area contributed by atoms with Gasteiger partial charge < -0.3 is 14.1 Å². The Labute approximate surface area is 248 Å². The maximum atomic E-state index is 7.62. The molecule has 2 aliphatic heterocycles. The van der Waals surface area contributed by atoms with Crippen LogP contribution in [0.15, 0.2) is 60.0 Å². The molecule has 1 saturated heterocycles. The molecule has 5 aliphatic rings. The Morgan fingerprint density at radius 2 is 1.85 bits per heavy atom. The summed E-state index contributed by atoms with van der Waals surface area (Å²) < 4.78 is 14.7. The first-order valence-corrected chi connectivity index (χ1v) is 19.0. The number of benzene rings is 1. The molecular formula is C36H50N2O2Si. The first kappa shape index (κ1) is 28.0. The van der Waals surface area contributed by atoms with Crippen LogP contribution in [0.25, 0.3) is 10.8 Å². The van der Waals surface area contributed by atoms with Gasteiger partial charge in [-0.15, -0.1) is 0 Å². The van der Waals surface area contributed by atoms with Crippen molar-refractivity contribution in [3.8, 4) is 0 Å². The van der Waals surface area contributed by atoms with Gasteiger partial charge in [0.25, 0.3) is 0 Å². The SMILES string of the molecule is CN(C)[C@H]1C[C@@]23CC[C@@]4(O2)C(=CC3=C[C@@H]1O[Si](C)(C)C(C)(C)C)CC[C@]1(C)[C@@H](c2ccc3ccncc3c2)CC[C@H]14. The summed E-state index contributed by atoms with van der Waals surface area (Å²) >= 11 is 0. The van der Waals surface area contributed by atoms with Gasteiger partial charge in [0, 0.05) is 23.8 Å². The second-order valence-electron chi connectivity index (χ2n) is 16.0. The molecule has 2 saturated carbocycles. The van der Waals surface area contributed by atoms with Crippen molar-refractivity contribution in [1.29, 1.82) is 0 Å². The third-order valence-electron chi connectivity index (χ3n) is 12.7. The van der Waals surface area contributed by atoms with E-state index in [1.54, 1.807) is 5.57 Å². The van der Waals surface area contributed by atoms with Gasteiger partial charge in [-0.2, -0.15) is 0 Å². The molecule has 0 amide bonds. The van der Waals surface area contributed by atoms with Crippen LogP contribution in [-0.2, 0) is 9.16 Å². The molecule has 2 spiro atoms. The van der Waals surface area contributed by atoms with Crippen LogP contribution in [0.5, 0.6) is 0 Å². The maximum absolute atomic E-state index is 7.62. The number of hydrogen-bond donors (Lipinski definition) is 0. The lowest BCUT2D eigenvalue weighted by molar-refractivity contribution is -0.148. The van der Waals surface area contributed by atoms with E-state index in [0.29, 0.717) is 17.9 Å². The highest BCUT2D eigenvalue weighted by molar-refractivity contribution is 6.74. The Kier molecular flexibility index (Phi) is 6.22. The summed E-state index contributed by atoms with van der Waals surface area (Å²) in [5, 5.41) is 2.74. The van der Waals surface area contributed by atoms with Crippen LogP contribution >= 0.6 is 0 Å². The number of likely N-dealkylation sites (N-methyl/N-ethyl adjacent to an activating group) is 1. The van der Waals surface area contributed by atoms with Gasteiger partial charge in [-0.1, -0.05) is 45.9 Å². The maximum Gasteiger partial charge on any atom is 0.192 e. The monoisotopic (exact) mass is 570 g/mol. The van der Waals surface area contributed by atoms with Crippen LogP contribution < -0.4 is 0 Å². The molecule has 2 aromatic rings. The molecule has 7 atom stereocenters. The minimum atomic E-state index is -1.92. The highest BCUT2D eigenvalue weighted by Gasteiger charge is 2.67. The zero-order valence-electron chi connectivity index (χ0n) is 26.6. The molecular weight excluding hydrogens is 520 g/mol. The predicted octanol–water partition coefficient (Wildman–Crippen LogP) is 8.41. The molecule has 1 aromatic heterocycles. The lowest BCUT2D eigenvalue weighted by Crippen LogP contribution is -2.58. The highest BCUT2D eigenvalue weighted by Crippen LogP contribution is 2.70. The van der Waals surface area contributed by atoms with Gasteiger partial charge in [0.15, 0.2) is 8.32 Å². The van der Waals surface area contributed by atoms with E-state index in [9.17, 15) is 0 Å². The Morgan fingerprint density at radius 3 is 2.61 bits per heavy atom. The smallest absolute Gasteiger partial charge is 0.192 e. The average molecular weight is 571 g/mol. The molecule has 3 heterocycles. The van der Waals surface area contributed by atoms with Gasteiger partial charge in [-0.05, 0) is 135 Å². The molecule has 5 heteroatoms. The summed E-state index contributed by atoms with van der Waals surface area (Å²) in [7, 11) is 2.54. The number of rotatable bonds is 4. The fourth-order valence-corrected chi connectivity index (χ4v) is 10.7. The first-order valence-electron chi connectivity index (χ1n) is 16.1. The largest absolute Gasteiger partial charge is 0.409 e. The molecule has 41 heavy (non-hydrogen) atoms. The number of pyridine rings is 1. The molecule has 0 unspecified atom stereocenters. The molecule has 7 rings (SSSR count). The van der Waals surface area contributed by atoms with E-state index >= 15 is 0 Å². The summed E-state index contributed by atoms with van der Waals surface area (Å²) in [4.78, 5) is 6.81. The lowest BCUT2D eigenvalue weighted by Gasteiger charge is -2.56. The van der Waals surface area contributed by atoms with Crippen LogP contribution in [0.3, 0.4) is 0 Å². The summed E-state index contributed by atoms with van der Waals surface area (Å²) in [6.45, 7) is 14.4. The summed E-state index contributed by atoms with van der Waals surface area (Å²) in [5.41, 5.74) is 4.49. The van der Waals surface area contributed by atoms with Crippen molar-refractivity contribution in [1.82, 2.24) is 9.88 Å². The van der Waals surface area contributed by atoms with Crippen molar-refractivity contribution >= 4 is 19.1 Å². The summed E-state index contributed by atoms with van der Waals surface area (Å²) in [6.07, 6.45) is 17.4. The van der Waals surface area contributed by atoms with Gasteiger partial charge in [-0.25, -0.2) is 0 Å².